The van der Waals surface area contributed by atoms with Gasteiger partial charge in [-0.3, -0.25) is 9.68 Å². The lowest BCUT2D eigenvalue weighted by Gasteiger charge is -2.19. The monoisotopic (exact) mass is 330 g/mol. The first-order valence-corrected chi connectivity index (χ1v) is 8.60. The largest absolute Gasteiger partial charge is 0.460 e. The van der Waals surface area contributed by atoms with Gasteiger partial charge >= 0.3 is 11.9 Å². The van der Waals surface area contributed by atoms with Gasteiger partial charge in [-0.05, 0) is 54.4 Å². The van der Waals surface area contributed by atoms with Gasteiger partial charge in [-0.25, -0.2) is 4.79 Å². The van der Waals surface area contributed by atoms with Crippen LogP contribution in [0.1, 0.15) is 92.9 Å². The second-order valence-electron chi connectivity index (χ2n) is 7.86. The van der Waals surface area contributed by atoms with E-state index in [1.165, 1.54) is 0 Å². The molecule has 0 radical (unpaired) electrons. The molecule has 0 fully saturated rings. The maximum atomic E-state index is 11.5. The molecule has 5 nitrogen and oxygen atoms in total. The lowest BCUT2D eigenvalue weighted by Crippen LogP contribution is -2.23. The van der Waals surface area contributed by atoms with Crippen molar-refractivity contribution in [3.8, 4) is 0 Å². The van der Waals surface area contributed by atoms with Crippen molar-refractivity contribution < 1.29 is 24.1 Å². The molecular weight excluding hydrogens is 296 g/mol. The summed E-state index contributed by atoms with van der Waals surface area (Å²) in [6.45, 7) is 11.1. The molecule has 0 bridgehead atoms. The highest BCUT2D eigenvalue weighted by Crippen LogP contribution is 2.13. The van der Waals surface area contributed by atoms with Gasteiger partial charge in [0.1, 0.15) is 11.2 Å². The molecule has 0 saturated heterocycles. The highest BCUT2D eigenvalue weighted by Gasteiger charge is 2.16. The van der Waals surface area contributed by atoms with Gasteiger partial charge < -0.3 is 4.74 Å². The van der Waals surface area contributed by atoms with E-state index in [1.54, 1.807) is 0 Å². The Balaban J connectivity index is 3.43. The standard InChI is InChI=1S/C18H34O5/c1-17(2,3)21-15(19)13-11-9-7-8-10-12-14-16(20)22-23-18(4,5)6/h7-14H2,1-6H3. The third kappa shape index (κ3) is 17.1. The molecule has 0 spiro atoms. The summed E-state index contributed by atoms with van der Waals surface area (Å²) in [7, 11) is 0. The maximum absolute atomic E-state index is 11.5. The van der Waals surface area contributed by atoms with Gasteiger partial charge in [-0.2, -0.15) is 4.89 Å². The van der Waals surface area contributed by atoms with Crippen LogP contribution in [0.5, 0.6) is 0 Å². The zero-order valence-electron chi connectivity index (χ0n) is 15.7. The predicted octanol–water partition coefficient (Wildman–Crippen LogP) is 4.72. The van der Waals surface area contributed by atoms with E-state index in [4.69, 9.17) is 14.5 Å². The molecule has 5 heteroatoms. The minimum Gasteiger partial charge on any atom is -0.460 e. The first kappa shape index (κ1) is 21.9. The summed E-state index contributed by atoms with van der Waals surface area (Å²) in [5.74, 6) is -0.441. The first-order chi connectivity index (χ1) is 10.5. The topological polar surface area (TPSA) is 61.8 Å². The Morgan fingerprint density at radius 3 is 1.52 bits per heavy atom. The number of esters is 1. The van der Waals surface area contributed by atoms with Crippen molar-refractivity contribution in [3.63, 3.8) is 0 Å². The molecule has 23 heavy (non-hydrogen) atoms. The van der Waals surface area contributed by atoms with E-state index in [1.807, 2.05) is 41.5 Å². The number of hydrogen-bond donors (Lipinski definition) is 0. The number of hydrogen-bond acceptors (Lipinski definition) is 5. The molecule has 0 unspecified atom stereocenters. The Morgan fingerprint density at radius 2 is 1.09 bits per heavy atom. The third-order valence-electron chi connectivity index (χ3n) is 2.82. The van der Waals surface area contributed by atoms with Crippen LogP contribution < -0.4 is 0 Å². The first-order valence-electron chi connectivity index (χ1n) is 8.60. The fourth-order valence-corrected chi connectivity index (χ4v) is 1.85. The highest BCUT2D eigenvalue weighted by molar-refractivity contribution is 5.69. The molecule has 0 aromatic rings. The van der Waals surface area contributed by atoms with Crippen molar-refractivity contribution >= 4 is 11.9 Å². The number of carbonyl (C=O) groups excluding carboxylic acids is 2. The van der Waals surface area contributed by atoms with E-state index in [2.05, 4.69) is 0 Å². The smallest absolute Gasteiger partial charge is 0.342 e. The van der Waals surface area contributed by atoms with Crippen LogP contribution in [0.25, 0.3) is 0 Å². The van der Waals surface area contributed by atoms with Gasteiger partial charge in [-0.15, -0.1) is 0 Å². The number of unbranched alkanes of at least 4 members (excludes halogenated alkanes) is 5. The van der Waals surface area contributed by atoms with E-state index in [0.717, 1.165) is 38.5 Å². The van der Waals surface area contributed by atoms with Crippen molar-refractivity contribution in [1.82, 2.24) is 0 Å². The molecular formula is C18H34O5. The van der Waals surface area contributed by atoms with Crippen LogP contribution in [0.15, 0.2) is 0 Å². The van der Waals surface area contributed by atoms with Gasteiger partial charge in [0.2, 0.25) is 0 Å². The van der Waals surface area contributed by atoms with Crippen molar-refractivity contribution in [3.05, 3.63) is 0 Å². The molecule has 0 aliphatic carbocycles. The minimum absolute atomic E-state index is 0.126. The molecule has 136 valence electrons. The van der Waals surface area contributed by atoms with Crippen molar-refractivity contribution in [2.24, 2.45) is 0 Å². The fraction of sp³-hybridized carbons (Fsp3) is 0.889. The van der Waals surface area contributed by atoms with Crippen LogP contribution in [0.3, 0.4) is 0 Å². The fourth-order valence-electron chi connectivity index (χ4n) is 1.85. The molecule has 0 aliphatic rings. The zero-order chi connectivity index (χ0) is 17.9. The molecule has 0 rings (SSSR count). The van der Waals surface area contributed by atoms with E-state index >= 15 is 0 Å². The van der Waals surface area contributed by atoms with Crippen LogP contribution >= 0.6 is 0 Å². The summed E-state index contributed by atoms with van der Waals surface area (Å²) in [6, 6.07) is 0. The summed E-state index contributed by atoms with van der Waals surface area (Å²) >= 11 is 0. The second-order valence-corrected chi connectivity index (χ2v) is 7.86. The maximum Gasteiger partial charge on any atom is 0.342 e. The van der Waals surface area contributed by atoms with Gasteiger partial charge in [0.15, 0.2) is 0 Å². The van der Waals surface area contributed by atoms with Gasteiger partial charge in [0, 0.05) is 12.8 Å². The minimum atomic E-state index is -0.468. The van der Waals surface area contributed by atoms with Crippen molar-refractivity contribution in [1.29, 1.82) is 0 Å². The van der Waals surface area contributed by atoms with Crippen molar-refractivity contribution in [2.75, 3.05) is 0 Å². The molecule has 0 aromatic carbocycles. The zero-order valence-corrected chi connectivity index (χ0v) is 15.7. The molecule has 0 aromatic heterocycles. The van der Waals surface area contributed by atoms with Crippen LogP contribution in [-0.2, 0) is 24.1 Å². The SMILES string of the molecule is CC(C)(C)OOC(=O)CCCCCCCCC(=O)OC(C)(C)C. The quantitative estimate of drug-likeness (QED) is 0.251. The normalized spacial score (nSPS) is 12.1. The molecule has 0 saturated carbocycles. The van der Waals surface area contributed by atoms with Gasteiger partial charge in [0.05, 0.1) is 0 Å². The number of rotatable bonds is 10. The van der Waals surface area contributed by atoms with E-state index in [0.29, 0.717) is 12.8 Å². The lowest BCUT2D eigenvalue weighted by atomic mass is 10.1. The predicted molar refractivity (Wildman–Crippen MR) is 89.7 cm³/mol. The Labute approximate surface area is 141 Å². The Bertz CT molecular complexity index is 349. The van der Waals surface area contributed by atoms with Crippen LogP contribution in [0.4, 0.5) is 0 Å². The van der Waals surface area contributed by atoms with E-state index in [-0.39, 0.29) is 11.9 Å². The van der Waals surface area contributed by atoms with E-state index < -0.39 is 11.2 Å². The van der Waals surface area contributed by atoms with Gasteiger partial charge in [0.25, 0.3) is 0 Å². The number of ether oxygens (including phenoxy) is 1. The molecule has 0 N–H and O–H groups in total. The highest BCUT2D eigenvalue weighted by atomic mass is 17.2. The average Bonchev–Trinajstić information content (AvgIpc) is 2.36. The van der Waals surface area contributed by atoms with Crippen molar-refractivity contribution in [2.45, 2.75) is 104 Å². The van der Waals surface area contributed by atoms with Crippen LogP contribution in [0, 0.1) is 0 Å². The Morgan fingerprint density at radius 1 is 0.652 bits per heavy atom. The molecule has 0 heterocycles. The summed E-state index contributed by atoms with van der Waals surface area (Å²) in [6.07, 6.45) is 6.64. The average molecular weight is 330 g/mol. The van der Waals surface area contributed by atoms with E-state index in [9.17, 15) is 9.59 Å². The van der Waals surface area contributed by atoms with Crippen LogP contribution in [0.2, 0.25) is 0 Å². The molecule has 0 amide bonds. The Hall–Kier alpha value is -1.10. The third-order valence-corrected chi connectivity index (χ3v) is 2.82. The van der Waals surface area contributed by atoms with Crippen LogP contribution in [-0.4, -0.2) is 23.1 Å². The lowest BCUT2D eigenvalue weighted by molar-refractivity contribution is -0.320. The summed E-state index contributed by atoms with van der Waals surface area (Å²) in [4.78, 5) is 32.6. The summed E-state index contributed by atoms with van der Waals surface area (Å²) in [5, 5.41) is 0. The molecule has 0 atom stereocenters. The Kier molecular flexibility index (Phi) is 10.1. The summed E-state index contributed by atoms with van der Waals surface area (Å²) in [5.41, 5.74) is -0.869. The van der Waals surface area contributed by atoms with Gasteiger partial charge in [-0.1, -0.05) is 25.7 Å². The second kappa shape index (κ2) is 10.6. The summed E-state index contributed by atoms with van der Waals surface area (Å²) < 4.78 is 5.25. The number of carbonyl (C=O) groups is 2. The molecule has 0 aliphatic heterocycles.